The van der Waals surface area contributed by atoms with Crippen LogP contribution in [0.4, 0.5) is 5.69 Å². The lowest BCUT2D eigenvalue weighted by atomic mass is 9.80. The number of para-hydroxylation sites is 1. The Balaban J connectivity index is 1.89. The molecule has 0 bridgehead atoms. The van der Waals surface area contributed by atoms with E-state index < -0.39 is 0 Å². The number of Topliss-reactive ketones (excluding diaryl/α,β-unsaturated/α-hetero) is 1. The van der Waals surface area contributed by atoms with Crippen LogP contribution in [0.5, 0.6) is 5.75 Å². The molecule has 0 aliphatic heterocycles. The molecule has 2 aromatic rings. The summed E-state index contributed by atoms with van der Waals surface area (Å²) >= 11 is 0. The Morgan fingerprint density at radius 1 is 1.04 bits per heavy atom. The molecular formula is C20H23NO2. The molecule has 1 aliphatic rings. The Hall–Kier alpha value is -2.29. The van der Waals surface area contributed by atoms with E-state index in [9.17, 15) is 4.79 Å². The quantitative estimate of drug-likeness (QED) is 0.876. The number of rotatable bonds is 5. The van der Waals surface area contributed by atoms with Crippen LogP contribution in [0.2, 0.25) is 0 Å². The molecule has 0 saturated heterocycles. The number of hydrogen-bond donors (Lipinski definition) is 1. The molecule has 1 fully saturated rings. The van der Waals surface area contributed by atoms with Gasteiger partial charge in [-0.05, 0) is 42.7 Å². The third-order valence-electron chi connectivity index (χ3n) is 4.58. The normalized spacial score (nSPS) is 19.2. The zero-order valence-corrected chi connectivity index (χ0v) is 13.5. The number of ether oxygens (including phenoxy) is 1. The number of methoxy groups -OCH3 is 1. The van der Waals surface area contributed by atoms with Crippen LogP contribution in [-0.2, 0) is 4.79 Å². The molecule has 0 spiro atoms. The van der Waals surface area contributed by atoms with Crippen molar-refractivity contribution in [3.05, 3.63) is 60.2 Å². The first-order chi connectivity index (χ1) is 11.3. The van der Waals surface area contributed by atoms with Crippen LogP contribution >= 0.6 is 0 Å². The number of nitrogens with one attached hydrogen (secondary N) is 1. The van der Waals surface area contributed by atoms with Crippen LogP contribution < -0.4 is 10.1 Å². The molecule has 0 aromatic heterocycles. The van der Waals surface area contributed by atoms with Crippen LogP contribution in [0.3, 0.4) is 0 Å². The second-order valence-electron chi connectivity index (χ2n) is 6.08. The molecule has 1 saturated carbocycles. The SMILES string of the molecule is COc1ccc([C@H](Nc2ccccc2)[C@H]2CCCCC2=O)cc1. The van der Waals surface area contributed by atoms with Gasteiger partial charge in [0.25, 0.3) is 0 Å². The average molecular weight is 309 g/mol. The Morgan fingerprint density at radius 3 is 2.43 bits per heavy atom. The number of hydrogen-bond acceptors (Lipinski definition) is 3. The van der Waals surface area contributed by atoms with Gasteiger partial charge in [0.05, 0.1) is 13.2 Å². The number of anilines is 1. The molecular weight excluding hydrogens is 286 g/mol. The standard InChI is InChI=1S/C20H23NO2/c1-23-17-13-11-15(12-14-17)20(18-9-5-6-10-19(18)22)21-16-7-3-2-4-8-16/h2-4,7-8,11-14,18,20-21H,5-6,9-10H2,1H3/t18-,20-/m0/s1. The van der Waals surface area contributed by atoms with Crippen molar-refractivity contribution in [1.82, 2.24) is 0 Å². The van der Waals surface area contributed by atoms with Crippen molar-refractivity contribution in [2.75, 3.05) is 12.4 Å². The summed E-state index contributed by atoms with van der Waals surface area (Å²) in [4.78, 5) is 12.5. The summed E-state index contributed by atoms with van der Waals surface area (Å²) in [7, 11) is 1.67. The lowest BCUT2D eigenvalue weighted by Crippen LogP contribution is -2.30. The van der Waals surface area contributed by atoms with E-state index in [-0.39, 0.29) is 12.0 Å². The van der Waals surface area contributed by atoms with Crippen LogP contribution in [-0.4, -0.2) is 12.9 Å². The summed E-state index contributed by atoms with van der Waals surface area (Å²) < 4.78 is 5.25. The fourth-order valence-corrected chi connectivity index (χ4v) is 3.30. The van der Waals surface area contributed by atoms with Gasteiger partial charge in [-0.25, -0.2) is 0 Å². The lowest BCUT2D eigenvalue weighted by molar-refractivity contribution is -0.125. The predicted octanol–water partition coefficient (Wildman–Crippen LogP) is 4.61. The average Bonchev–Trinajstić information content (AvgIpc) is 2.61. The first-order valence-electron chi connectivity index (χ1n) is 8.26. The lowest BCUT2D eigenvalue weighted by Gasteiger charge is -2.31. The zero-order chi connectivity index (χ0) is 16.1. The highest BCUT2D eigenvalue weighted by Crippen LogP contribution is 2.35. The number of carbonyl (C=O) groups is 1. The first-order valence-corrected chi connectivity index (χ1v) is 8.26. The van der Waals surface area contributed by atoms with Gasteiger partial charge in [-0.3, -0.25) is 4.79 Å². The number of ketones is 1. The van der Waals surface area contributed by atoms with Crippen molar-refractivity contribution < 1.29 is 9.53 Å². The van der Waals surface area contributed by atoms with E-state index in [4.69, 9.17) is 4.74 Å². The van der Waals surface area contributed by atoms with E-state index in [2.05, 4.69) is 17.4 Å². The highest BCUT2D eigenvalue weighted by molar-refractivity contribution is 5.83. The van der Waals surface area contributed by atoms with Gasteiger partial charge in [-0.15, -0.1) is 0 Å². The van der Waals surface area contributed by atoms with Gasteiger partial charge in [0.1, 0.15) is 11.5 Å². The van der Waals surface area contributed by atoms with Crippen molar-refractivity contribution in [1.29, 1.82) is 0 Å². The van der Waals surface area contributed by atoms with Crippen LogP contribution in [0.25, 0.3) is 0 Å². The van der Waals surface area contributed by atoms with Gasteiger partial charge >= 0.3 is 0 Å². The minimum Gasteiger partial charge on any atom is -0.497 e. The molecule has 0 amide bonds. The topological polar surface area (TPSA) is 38.3 Å². The summed E-state index contributed by atoms with van der Waals surface area (Å²) in [5.74, 6) is 1.25. The molecule has 120 valence electrons. The Bertz CT molecular complexity index is 636. The van der Waals surface area contributed by atoms with Gasteiger partial charge in [0.15, 0.2) is 0 Å². The third-order valence-corrected chi connectivity index (χ3v) is 4.58. The van der Waals surface area contributed by atoms with E-state index in [0.29, 0.717) is 12.2 Å². The molecule has 3 heteroatoms. The summed E-state index contributed by atoms with van der Waals surface area (Å²) in [5, 5.41) is 3.57. The minimum atomic E-state index is 0.0103. The second kappa shape index (κ2) is 7.32. The molecule has 0 unspecified atom stereocenters. The van der Waals surface area contributed by atoms with Crippen LogP contribution in [0, 0.1) is 5.92 Å². The van der Waals surface area contributed by atoms with Crippen molar-refractivity contribution >= 4 is 11.5 Å². The first kappa shape index (κ1) is 15.6. The highest BCUT2D eigenvalue weighted by Gasteiger charge is 2.31. The van der Waals surface area contributed by atoms with Crippen molar-refractivity contribution in [2.45, 2.75) is 31.7 Å². The molecule has 1 aliphatic carbocycles. The summed E-state index contributed by atoms with van der Waals surface area (Å²) in [6.45, 7) is 0. The van der Waals surface area contributed by atoms with Crippen molar-refractivity contribution in [2.24, 2.45) is 5.92 Å². The molecule has 23 heavy (non-hydrogen) atoms. The number of carbonyl (C=O) groups excluding carboxylic acids is 1. The molecule has 3 nitrogen and oxygen atoms in total. The molecule has 2 aromatic carbocycles. The minimum absolute atomic E-state index is 0.0103. The Labute approximate surface area is 137 Å². The molecule has 0 heterocycles. The van der Waals surface area contributed by atoms with E-state index >= 15 is 0 Å². The van der Waals surface area contributed by atoms with Gasteiger partial charge in [-0.1, -0.05) is 36.8 Å². The van der Waals surface area contributed by atoms with Gasteiger partial charge in [0.2, 0.25) is 0 Å². The molecule has 2 atom stereocenters. The third kappa shape index (κ3) is 3.73. The van der Waals surface area contributed by atoms with Crippen LogP contribution in [0.1, 0.15) is 37.3 Å². The van der Waals surface area contributed by atoms with Gasteiger partial charge in [0, 0.05) is 18.0 Å². The van der Waals surface area contributed by atoms with E-state index in [1.165, 1.54) is 0 Å². The predicted molar refractivity (Wildman–Crippen MR) is 92.8 cm³/mol. The maximum absolute atomic E-state index is 12.5. The smallest absolute Gasteiger partial charge is 0.138 e. The zero-order valence-electron chi connectivity index (χ0n) is 13.5. The van der Waals surface area contributed by atoms with Gasteiger partial charge in [-0.2, -0.15) is 0 Å². The van der Waals surface area contributed by atoms with Crippen LogP contribution in [0.15, 0.2) is 54.6 Å². The summed E-state index contributed by atoms with van der Waals surface area (Å²) in [6, 6.07) is 18.2. The van der Waals surface area contributed by atoms with Crippen molar-refractivity contribution in [3.63, 3.8) is 0 Å². The fourth-order valence-electron chi connectivity index (χ4n) is 3.30. The van der Waals surface area contributed by atoms with Gasteiger partial charge < -0.3 is 10.1 Å². The molecule has 0 radical (unpaired) electrons. The van der Waals surface area contributed by atoms with E-state index in [1.54, 1.807) is 7.11 Å². The fraction of sp³-hybridized carbons (Fsp3) is 0.350. The largest absolute Gasteiger partial charge is 0.497 e. The molecule has 3 rings (SSSR count). The monoisotopic (exact) mass is 309 g/mol. The van der Waals surface area contributed by atoms with Crippen molar-refractivity contribution in [3.8, 4) is 5.75 Å². The second-order valence-corrected chi connectivity index (χ2v) is 6.08. The van der Waals surface area contributed by atoms with E-state index in [0.717, 1.165) is 36.3 Å². The maximum Gasteiger partial charge on any atom is 0.138 e. The maximum atomic E-state index is 12.5. The Morgan fingerprint density at radius 2 is 1.78 bits per heavy atom. The van der Waals surface area contributed by atoms with E-state index in [1.807, 2.05) is 42.5 Å². The molecule has 1 N–H and O–H groups in total. The summed E-state index contributed by atoms with van der Waals surface area (Å²) in [6.07, 6.45) is 3.80. The summed E-state index contributed by atoms with van der Waals surface area (Å²) in [5.41, 5.74) is 2.18. The highest BCUT2D eigenvalue weighted by atomic mass is 16.5. The Kier molecular flexibility index (Phi) is 4.96. The number of benzene rings is 2.